The Hall–Kier alpha value is -2.72. The third-order valence-electron chi connectivity index (χ3n) is 6.41. The third-order valence-corrected chi connectivity index (χ3v) is 6.41. The highest BCUT2D eigenvalue weighted by Crippen LogP contribution is 2.33. The number of hydrogen-bond acceptors (Lipinski definition) is 3. The summed E-state index contributed by atoms with van der Waals surface area (Å²) in [4.78, 5) is 27.3. The molecule has 1 unspecified atom stereocenters. The second-order valence-corrected chi connectivity index (χ2v) is 8.42. The number of amides is 1. The molecule has 4 nitrogen and oxygen atoms in total. The van der Waals surface area contributed by atoms with Crippen molar-refractivity contribution in [3.05, 3.63) is 76.9 Å². The van der Waals surface area contributed by atoms with Crippen molar-refractivity contribution in [2.24, 2.45) is 0 Å². The molecule has 30 heavy (non-hydrogen) atoms. The lowest BCUT2D eigenvalue weighted by Crippen LogP contribution is -2.34. The molecule has 2 aromatic rings. The lowest BCUT2D eigenvalue weighted by molar-refractivity contribution is -0.122. The van der Waals surface area contributed by atoms with Gasteiger partial charge >= 0.3 is 0 Å². The van der Waals surface area contributed by atoms with E-state index in [2.05, 4.69) is 41.4 Å². The van der Waals surface area contributed by atoms with Crippen LogP contribution in [0.3, 0.4) is 0 Å². The van der Waals surface area contributed by atoms with Gasteiger partial charge in [-0.2, -0.15) is 0 Å². The van der Waals surface area contributed by atoms with Gasteiger partial charge in [-0.1, -0.05) is 54.6 Å². The summed E-state index contributed by atoms with van der Waals surface area (Å²) in [5.74, 6) is 0.643. The average molecular weight is 403 g/mol. The van der Waals surface area contributed by atoms with Crippen LogP contribution in [-0.4, -0.2) is 42.8 Å². The van der Waals surface area contributed by atoms with Gasteiger partial charge in [-0.3, -0.25) is 9.59 Å². The normalized spacial score (nSPS) is 19.5. The summed E-state index contributed by atoms with van der Waals surface area (Å²) in [6, 6.07) is 18.6. The number of allylic oxidation sites excluding steroid dienone is 1. The van der Waals surface area contributed by atoms with Crippen LogP contribution in [0.5, 0.6) is 0 Å². The molecular weight excluding hydrogens is 372 g/mol. The molecule has 1 fully saturated rings. The van der Waals surface area contributed by atoms with Crippen molar-refractivity contribution < 1.29 is 9.59 Å². The summed E-state index contributed by atoms with van der Waals surface area (Å²) in [5, 5.41) is 3.03. The smallest absolute Gasteiger partial charge is 0.224 e. The summed E-state index contributed by atoms with van der Waals surface area (Å²) >= 11 is 0. The number of Topliss-reactive ketones (excluding diaryl/α,β-unsaturated/α-hetero) is 1. The highest BCUT2D eigenvalue weighted by molar-refractivity contribution is 6.10. The van der Waals surface area contributed by atoms with Crippen LogP contribution >= 0.6 is 0 Å². The Bertz CT molecular complexity index is 949. The van der Waals surface area contributed by atoms with Gasteiger partial charge in [0.15, 0.2) is 5.78 Å². The molecule has 2 aromatic carbocycles. The number of aryl methyl sites for hydroxylation is 1. The first-order chi connectivity index (χ1) is 14.6. The summed E-state index contributed by atoms with van der Waals surface area (Å²) < 4.78 is 0. The summed E-state index contributed by atoms with van der Waals surface area (Å²) in [7, 11) is 0. The summed E-state index contributed by atoms with van der Waals surface area (Å²) in [6.45, 7) is 5.77. The molecule has 2 aliphatic rings. The van der Waals surface area contributed by atoms with E-state index in [1.54, 1.807) is 0 Å². The molecule has 1 amide bonds. The van der Waals surface area contributed by atoms with Crippen LogP contribution in [0.4, 0.5) is 0 Å². The number of hydrogen-bond donors (Lipinski definition) is 1. The van der Waals surface area contributed by atoms with Gasteiger partial charge in [-0.05, 0) is 54.5 Å². The van der Waals surface area contributed by atoms with Crippen molar-refractivity contribution in [3.8, 4) is 0 Å². The van der Waals surface area contributed by atoms with Gasteiger partial charge in [0, 0.05) is 31.6 Å². The summed E-state index contributed by atoms with van der Waals surface area (Å²) in [6.07, 6.45) is 2.61. The number of ketones is 1. The number of benzene rings is 2. The monoisotopic (exact) mass is 402 g/mol. The Kier molecular flexibility index (Phi) is 6.44. The second kappa shape index (κ2) is 9.40. The topological polar surface area (TPSA) is 49.4 Å². The third kappa shape index (κ3) is 4.71. The molecule has 1 aliphatic heterocycles. The number of carbonyl (C=O) groups is 2. The Labute approximate surface area is 179 Å². The minimum Gasteiger partial charge on any atom is -0.355 e. The van der Waals surface area contributed by atoms with Gasteiger partial charge in [0.25, 0.3) is 0 Å². The van der Waals surface area contributed by atoms with Crippen molar-refractivity contribution in [3.63, 3.8) is 0 Å². The highest BCUT2D eigenvalue weighted by Gasteiger charge is 2.26. The standard InChI is InChI=1S/C26H30N2O2/c1-19-7-5-6-10-22(19)21-13-15-28(18-21)16-14-27-26(30)17-24-23(11-12-25(24)29)20-8-3-2-4-9-20/h2-10,21H,11-18H2,1H3,(H,27,30). The van der Waals surface area contributed by atoms with E-state index in [1.165, 1.54) is 17.5 Å². The molecule has 0 radical (unpaired) electrons. The van der Waals surface area contributed by atoms with E-state index in [0.717, 1.165) is 37.2 Å². The average Bonchev–Trinajstić information content (AvgIpc) is 3.36. The number of carbonyl (C=O) groups excluding carboxylic acids is 2. The van der Waals surface area contributed by atoms with Gasteiger partial charge < -0.3 is 10.2 Å². The minimum absolute atomic E-state index is 0.0525. The fraction of sp³-hybridized carbons (Fsp3) is 0.385. The molecule has 0 saturated carbocycles. The van der Waals surface area contributed by atoms with Crippen LogP contribution in [0.1, 0.15) is 48.3 Å². The first-order valence-corrected chi connectivity index (χ1v) is 11.0. The summed E-state index contributed by atoms with van der Waals surface area (Å²) in [5.41, 5.74) is 5.60. The molecule has 156 valence electrons. The first kappa shape index (κ1) is 20.5. The van der Waals surface area contributed by atoms with Crippen LogP contribution in [-0.2, 0) is 9.59 Å². The van der Waals surface area contributed by atoms with E-state index in [4.69, 9.17) is 0 Å². The second-order valence-electron chi connectivity index (χ2n) is 8.42. The van der Waals surface area contributed by atoms with Crippen molar-refractivity contribution >= 4 is 17.3 Å². The van der Waals surface area contributed by atoms with Crippen LogP contribution in [0.2, 0.25) is 0 Å². The van der Waals surface area contributed by atoms with Gasteiger partial charge in [-0.25, -0.2) is 0 Å². The molecule has 0 spiro atoms. The van der Waals surface area contributed by atoms with Gasteiger partial charge in [-0.15, -0.1) is 0 Å². The van der Waals surface area contributed by atoms with E-state index in [0.29, 0.717) is 24.5 Å². The van der Waals surface area contributed by atoms with E-state index in [9.17, 15) is 9.59 Å². The van der Waals surface area contributed by atoms with Gasteiger partial charge in [0.1, 0.15) is 0 Å². The van der Waals surface area contributed by atoms with E-state index >= 15 is 0 Å². The molecule has 0 aromatic heterocycles. The zero-order valence-electron chi connectivity index (χ0n) is 17.7. The first-order valence-electron chi connectivity index (χ1n) is 11.0. The van der Waals surface area contributed by atoms with E-state index < -0.39 is 0 Å². The molecule has 4 rings (SSSR count). The van der Waals surface area contributed by atoms with Crippen molar-refractivity contribution in [2.75, 3.05) is 26.2 Å². The predicted molar refractivity (Wildman–Crippen MR) is 120 cm³/mol. The van der Waals surface area contributed by atoms with Crippen molar-refractivity contribution in [2.45, 2.75) is 38.5 Å². The lowest BCUT2D eigenvalue weighted by atomic mass is 9.94. The van der Waals surface area contributed by atoms with Crippen LogP contribution in [0.25, 0.3) is 5.57 Å². The molecule has 1 heterocycles. The fourth-order valence-corrected chi connectivity index (χ4v) is 4.78. The molecule has 1 N–H and O–H groups in total. The Morgan fingerprint density at radius 2 is 1.83 bits per heavy atom. The Balaban J connectivity index is 1.27. The molecule has 1 aliphatic carbocycles. The van der Waals surface area contributed by atoms with Gasteiger partial charge in [0.2, 0.25) is 5.91 Å². The number of likely N-dealkylation sites (tertiary alicyclic amines) is 1. The maximum absolute atomic E-state index is 12.5. The largest absolute Gasteiger partial charge is 0.355 e. The van der Waals surface area contributed by atoms with Crippen LogP contribution < -0.4 is 5.32 Å². The molecule has 4 heteroatoms. The van der Waals surface area contributed by atoms with E-state index in [1.807, 2.05) is 30.3 Å². The predicted octanol–water partition coefficient (Wildman–Crippen LogP) is 4.11. The molecule has 1 atom stereocenters. The number of nitrogens with zero attached hydrogens (tertiary/aromatic N) is 1. The molecule has 1 saturated heterocycles. The van der Waals surface area contributed by atoms with Gasteiger partial charge in [0.05, 0.1) is 6.42 Å². The quantitative estimate of drug-likeness (QED) is 0.758. The maximum atomic E-state index is 12.5. The Morgan fingerprint density at radius 3 is 2.63 bits per heavy atom. The Morgan fingerprint density at radius 1 is 1.07 bits per heavy atom. The van der Waals surface area contributed by atoms with Crippen molar-refractivity contribution in [1.82, 2.24) is 10.2 Å². The van der Waals surface area contributed by atoms with Crippen LogP contribution in [0, 0.1) is 6.92 Å². The van der Waals surface area contributed by atoms with E-state index in [-0.39, 0.29) is 18.1 Å². The van der Waals surface area contributed by atoms with Crippen LogP contribution in [0.15, 0.2) is 60.2 Å². The minimum atomic E-state index is -0.0525. The zero-order valence-corrected chi connectivity index (χ0v) is 17.7. The molecule has 0 bridgehead atoms. The fourth-order valence-electron chi connectivity index (χ4n) is 4.78. The number of nitrogens with one attached hydrogen (secondary N) is 1. The highest BCUT2D eigenvalue weighted by atomic mass is 16.2. The lowest BCUT2D eigenvalue weighted by Gasteiger charge is -2.17. The zero-order chi connectivity index (χ0) is 20.9. The number of rotatable bonds is 7. The molecular formula is C26H30N2O2. The van der Waals surface area contributed by atoms with Crippen molar-refractivity contribution in [1.29, 1.82) is 0 Å². The SMILES string of the molecule is Cc1ccccc1C1CCN(CCNC(=O)CC2=C(c3ccccc3)CCC2=O)C1. The maximum Gasteiger partial charge on any atom is 0.224 e.